The van der Waals surface area contributed by atoms with Gasteiger partial charge in [0, 0.05) is 4.43 Å². The van der Waals surface area contributed by atoms with Gasteiger partial charge in [-0.15, -0.1) is 0 Å². The molecule has 11 heteroatoms. The van der Waals surface area contributed by atoms with E-state index >= 15 is 0 Å². The fraction of sp³-hybridized carbons (Fsp3) is 0.952. The number of hydrogen-bond donors (Lipinski definition) is 0. The Bertz CT molecular complexity index is 376. The summed E-state index contributed by atoms with van der Waals surface area (Å²) in [5.74, 6) is -0.245. The topological polar surface area (TPSA) is 100 Å². The van der Waals surface area contributed by atoms with E-state index in [1.54, 1.807) is 6.92 Å². The van der Waals surface area contributed by atoms with Crippen LogP contribution in [0.25, 0.3) is 0 Å². The summed E-state index contributed by atoms with van der Waals surface area (Å²) in [4.78, 5) is 11.1. The average molecular weight is 580 g/mol. The molecule has 0 aliphatic carbocycles. The molecule has 0 saturated heterocycles. The van der Waals surface area contributed by atoms with Crippen molar-refractivity contribution in [2.45, 2.75) is 13.3 Å². The molecule has 192 valence electrons. The highest BCUT2D eigenvalue weighted by atomic mass is 127. The van der Waals surface area contributed by atoms with E-state index in [0.717, 1.165) is 11.0 Å². The lowest BCUT2D eigenvalue weighted by atomic mass is 10.5. The minimum Gasteiger partial charge on any atom is -0.466 e. The third kappa shape index (κ3) is 27.9. The van der Waals surface area contributed by atoms with Crippen LogP contribution >= 0.6 is 22.6 Å². The first-order valence-corrected chi connectivity index (χ1v) is 12.7. The molecule has 0 aromatic carbocycles. The molecule has 0 aromatic heterocycles. The van der Waals surface area contributed by atoms with Crippen molar-refractivity contribution < 1.29 is 47.4 Å². The van der Waals surface area contributed by atoms with Gasteiger partial charge in [0.2, 0.25) is 0 Å². The van der Waals surface area contributed by atoms with Crippen LogP contribution in [0, 0.1) is 0 Å². The van der Waals surface area contributed by atoms with E-state index in [1.165, 1.54) is 0 Å². The molecule has 0 amide bonds. The number of halogens is 1. The minimum atomic E-state index is -0.245. The molecule has 0 rings (SSSR count). The zero-order valence-corrected chi connectivity index (χ0v) is 21.6. The van der Waals surface area contributed by atoms with Gasteiger partial charge in [-0.1, -0.05) is 22.6 Å². The molecule has 0 aromatic rings. The zero-order chi connectivity index (χ0) is 23.4. The summed E-state index contributed by atoms with van der Waals surface area (Å²) in [5.41, 5.74) is 0. The maximum atomic E-state index is 11.1. The molecule has 0 aliphatic heterocycles. The van der Waals surface area contributed by atoms with Crippen molar-refractivity contribution in [3.63, 3.8) is 0 Å². The van der Waals surface area contributed by atoms with E-state index in [9.17, 15) is 4.79 Å². The van der Waals surface area contributed by atoms with Crippen molar-refractivity contribution in [3.05, 3.63) is 0 Å². The van der Waals surface area contributed by atoms with Crippen molar-refractivity contribution in [2.75, 3.05) is 117 Å². The Balaban J connectivity index is 3.03. The number of carbonyl (C=O) groups excluding carboxylic acids is 1. The van der Waals surface area contributed by atoms with Crippen LogP contribution in [0.15, 0.2) is 0 Å². The average Bonchev–Trinajstić information content (AvgIpc) is 2.79. The van der Waals surface area contributed by atoms with E-state index in [2.05, 4.69) is 22.6 Å². The van der Waals surface area contributed by atoms with Crippen molar-refractivity contribution >= 4 is 28.6 Å². The molecule has 0 saturated carbocycles. The first-order chi connectivity index (χ1) is 15.8. The largest absolute Gasteiger partial charge is 0.466 e. The van der Waals surface area contributed by atoms with Gasteiger partial charge in [0.25, 0.3) is 0 Å². The van der Waals surface area contributed by atoms with E-state index in [1.807, 2.05) is 0 Å². The predicted octanol–water partition coefficient (Wildman–Crippen LogP) is 1.51. The first kappa shape index (κ1) is 31.9. The normalized spacial score (nSPS) is 11.2. The molecule has 0 aliphatic rings. The SMILES string of the molecule is CCOC(=O)CCOCCOCCOCCOCCOCCOCCOCCOCCI. The number of carbonyl (C=O) groups is 1. The van der Waals surface area contributed by atoms with Crippen LogP contribution < -0.4 is 0 Å². The van der Waals surface area contributed by atoms with Crippen LogP contribution in [0.4, 0.5) is 0 Å². The maximum Gasteiger partial charge on any atom is 0.308 e. The highest BCUT2D eigenvalue weighted by Crippen LogP contribution is 1.89. The highest BCUT2D eigenvalue weighted by molar-refractivity contribution is 14.1. The van der Waals surface area contributed by atoms with Gasteiger partial charge >= 0.3 is 5.97 Å². The first-order valence-electron chi connectivity index (χ1n) is 11.1. The fourth-order valence-electron chi connectivity index (χ4n) is 2.08. The number of ether oxygens (including phenoxy) is 9. The Hall–Kier alpha value is -0.120. The van der Waals surface area contributed by atoms with Gasteiger partial charge in [0.1, 0.15) is 0 Å². The van der Waals surface area contributed by atoms with Gasteiger partial charge in [-0.25, -0.2) is 0 Å². The Kier molecular flexibility index (Phi) is 28.8. The summed E-state index contributed by atoms with van der Waals surface area (Å²) >= 11 is 2.27. The van der Waals surface area contributed by atoms with Crippen LogP contribution in [0.3, 0.4) is 0 Å². The second-order valence-electron chi connectivity index (χ2n) is 6.14. The molecule has 0 radical (unpaired) electrons. The van der Waals surface area contributed by atoms with Crippen molar-refractivity contribution in [2.24, 2.45) is 0 Å². The molecule has 10 nitrogen and oxygen atoms in total. The molecule has 0 spiro atoms. The summed E-state index contributed by atoms with van der Waals surface area (Å²) in [6.45, 7) is 10.6. The summed E-state index contributed by atoms with van der Waals surface area (Å²) in [7, 11) is 0. The van der Waals surface area contributed by atoms with Crippen LogP contribution in [0.5, 0.6) is 0 Å². The molecule has 0 bridgehead atoms. The van der Waals surface area contributed by atoms with Crippen LogP contribution in [0.1, 0.15) is 13.3 Å². The summed E-state index contributed by atoms with van der Waals surface area (Å²) in [6.07, 6.45) is 0.265. The minimum absolute atomic E-state index is 0.245. The third-order valence-electron chi connectivity index (χ3n) is 3.58. The van der Waals surface area contributed by atoms with Gasteiger partial charge in [0.05, 0.1) is 119 Å². The third-order valence-corrected chi connectivity index (χ3v) is 4.02. The monoisotopic (exact) mass is 580 g/mol. The maximum absolute atomic E-state index is 11.1. The number of alkyl halides is 1. The zero-order valence-electron chi connectivity index (χ0n) is 19.4. The lowest BCUT2D eigenvalue weighted by Gasteiger charge is -2.08. The summed E-state index contributed by atoms with van der Waals surface area (Å²) in [6, 6.07) is 0. The fourth-order valence-corrected chi connectivity index (χ4v) is 2.40. The van der Waals surface area contributed by atoms with Crippen LogP contribution in [-0.2, 0) is 47.4 Å². The molecule has 0 atom stereocenters. The van der Waals surface area contributed by atoms with Gasteiger partial charge in [-0.2, -0.15) is 0 Å². The molecule has 32 heavy (non-hydrogen) atoms. The van der Waals surface area contributed by atoms with Crippen LogP contribution in [0.2, 0.25) is 0 Å². The van der Waals surface area contributed by atoms with E-state index in [4.69, 9.17) is 42.6 Å². The Morgan fingerprint density at radius 1 is 0.500 bits per heavy atom. The standard InChI is InChI=1S/C21H41IO10/c1-2-32-21(23)3-5-24-7-9-26-11-13-28-15-17-30-19-20-31-18-16-29-14-12-27-10-8-25-6-4-22/h2-20H2,1H3. The van der Waals surface area contributed by atoms with E-state index in [-0.39, 0.29) is 12.4 Å². The highest BCUT2D eigenvalue weighted by Gasteiger charge is 2.00. The van der Waals surface area contributed by atoms with Crippen molar-refractivity contribution in [3.8, 4) is 0 Å². The lowest BCUT2D eigenvalue weighted by Crippen LogP contribution is -2.15. The van der Waals surface area contributed by atoms with Crippen LogP contribution in [-0.4, -0.2) is 123 Å². The van der Waals surface area contributed by atoms with Gasteiger partial charge in [-0.05, 0) is 6.92 Å². The summed E-state index contributed by atoms with van der Waals surface area (Å²) < 4.78 is 48.8. The smallest absolute Gasteiger partial charge is 0.308 e. The number of rotatable bonds is 27. The Morgan fingerprint density at radius 2 is 0.781 bits per heavy atom. The number of hydrogen-bond acceptors (Lipinski definition) is 10. The van der Waals surface area contributed by atoms with Crippen molar-refractivity contribution in [1.82, 2.24) is 0 Å². The van der Waals surface area contributed by atoms with E-state index in [0.29, 0.717) is 106 Å². The molecule has 0 heterocycles. The van der Waals surface area contributed by atoms with Gasteiger partial charge in [-0.3, -0.25) is 4.79 Å². The van der Waals surface area contributed by atoms with E-state index < -0.39 is 0 Å². The second kappa shape index (κ2) is 28.9. The molecular formula is C21H41IO10. The molecule has 0 N–H and O–H groups in total. The molecule has 0 unspecified atom stereocenters. The summed E-state index contributed by atoms with van der Waals surface area (Å²) in [5, 5.41) is 0. The lowest BCUT2D eigenvalue weighted by molar-refractivity contribution is -0.144. The Morgan fingerprint density at radius 3 is 1.06 bits per heavy atom. The molecular weight excluding hydrogens is 539 g/mol. The van der Waals surface area contributed by atoms with Gasteiger partial charge in [0.15, 0.2) is 0 Å². The number of esters is 1. The Labute approximate surface area is 205 Å². The predicted molar refractivity (Wildman–Crippen MR) is 127 cm³/mol. The quantitative estimate of drug-likeness (QED) is 0.0616. The van der Waals surface area contributed by atoms with Crippen molar-refractivity contribution in [1.29, 1.82) is 0 Å². The second-order valence-corrected chi connectivity index (χ2v) is 7.22. The molecule has 0 fully saturated rings. The van der Waals surface area contributed by atoms with Gasteiger partial charge < -0.3 is 42.6 Å².